The zero-order valence-electron chi connectivity index (χ0n) is 13.9. The number of aryl methyl sites for hydroxylation is 3. The molecule has 0 spiro atoms. The van der Waals surface area contributed by atoms with Crippen molar-refractivity contribution in [1.29, 1.82) is 0 Å². The molecular weight excluding hydrogens is 343 g/mol. The minimum atomic E-state index is -0.368. The smallest absolute Gasteiger partial charge is 0.350 e. The van der Waals surface area contributed by atoms with Crippen LogP contribution in [0.25, 0.3) is 10.7 Å². The zero-order valence-corrected chi connectivity index (χ0v) is 14.7. The molecule has 0 saturated carbocycles. The number of nitrogens with zero attached hydrogens (tertiary/aromatic N) is 4. The molecule has 0 aliphatic heterocycles. The first kappa shape index (κ1) is 17.2. The topological polar surface area (TPSA) is 69.9 Å². The summed E-state index contributed by atoms with van der Waals surface area (Å²) in [6.45, 7) is 4.48. The molecule has 0 aliphatic rings. The van der Waals surface area contributed by atoms with Crippen LogP contribution in [0.5, 0.6) is 0 Å². The fourth-order valence-corrected chi connectivity index (χ4v) is 3.20. The van der Waals surface area contributed by atoms with E-state index in [1.165, 1.54) is 23.5 Å². The van der Waals surface area contributed by atoms with E-state index in [0.717, 1.165) is 5.56 Å². The van der Waals surface area contributed by atoms with Crippen LogP contribution in [-0.2, 0) is 17.7 Å². The van der Waals surface area contributed by atoms with Gasteiger partial charge in [0.2, 0.25) is 0 Å². The van der Waals surface area contributed by atoms with E-state index in [0.29, 0.717) is 40.8 Å². The second-order valence-electron chi connectivity index (χ2n) is 5.40. The monoisotopic (exact) mass is 360 g/mol. The van der Waals surface area contributed by atoms with Crippen molar-refractivity contribution < 1.29 is 13.9 Å². The number of halogens is 1. The van der Waals surface area contributed by atoms with Crippen LogP contribution < -0.4 is 0 Å². The number of carbonyl (C=O) groups is 1. The highest BCUT2D eigenvalue weighted by Crippen LogP contribution is 2.26. The van der Waals surface area contributed by atoms with Crippen molar-refractivity contribution in [3.8, 4) is 10.7 Å². The molecular formula is C17H17FN4O2S. The van der Waals surface area contributed by atoms with Crippen LogP contribution in [0, 0.1) is 12.7 Å². The highest BCUT2D eigenvalue weighted by molar-refractivity contribution is 7.17. The van der Waals surface area contributed by atoms with E-state index < -0.39 is 0 Å². The van der Waals surface area contributed by atoms with Gasteiger partial charge in [-0.1, -0.05) is 17.3 Å². The Morgan fingerprint density at radius 3 is 2.80 bits per heavy atom. The number of benzene rings is 1. The molecule has 1 aromatic carbocycles. The molecule has 0 unspecified atom stereocenters. The lowest BCUT2D eigenvalue weighted by Gasteiger charge is -2.00. The summed E-state index contributed by atoms with van der Waals surface area (Å²) in [5.41, 5.74) is 2.26. The maximum Gasteiger partial charge on any atom is 0.350 e. The van der Waals surface area contributed by atoms with Crippen molar-refractivity contribution in [1.82, 2.24) is 20.0 Å². The molecule has 0 N–H and O–H groups in total. The summed E-state index contributed by atoms with van der Waals surface area (Å²) >= 11 is 1.25. The van der Waals surface area contributed by atoms with Gasteiger partial charge in [0.25, 0.3) is 0 Å². The molecule has 3 aromatic rings. The van der Waals surface area contributed by atoms with Gasteiger partial charge in [-0.2, -0.15) is 0 Å². The molecule has 2 aromatic heterocycles. The van der Waals surface area contributed by atoms with Gasteiger partial charge in [-0.3, -0.25) is 4.68 Å². The third-order valence-corrected chi connectivity index (χ3v) is 4.72. The van der Waals surface area contributed by atoms with E-state index in [2.05, 4.69) is 15.3 Å². The number of hydrogen-bond donors (Lipinski definition) is 0. The average molecular weight is 360 g/mol. The first-order chi connectivity index (χ1) is 12.1. The Hall–Kier alpha value is -2.61. The third kappa shape index (κ3) is 4.08. The third-order valence-electron chi connectivity index (χ3n) is 3.56. The summed E-state index contributed by atoms with van der Waals surface area (Å²) in [5, 5.41) is 8.84. The van der Waals surface area contributed by atoms with Crippen molar-refractivity contribution in [3.63, 3.8) is 0 Å². The Bertz CT molecular complexity index is 873. The Labute approximate surface area is 148 Å². The van der Waals surface area contributed by atoms with Gasteiger partial charge in [-0.15, -0.1) is 16.4 Å². The minimum absolute atomic E-state index is 0.247. The molecule has 0 saturated heterocycles. The Balaban J connectivity index is 1.70. The highest BCUT2D eigenvalue weighted by atomic mass is 32.1. The number of hydrogen-bond acceptors (Lipinski definition) is 6. The predicted molar refractivity (Wildman–Crippen MR) is 91.9 cm³/mol. The molecule has 8 heteroatoms. The quantitative estimate of drug-likeness (QED) is 0.631. The van der Waals surface area contributed by atoms with E-state index in [1.54, 1.807) is 36.9 Å². The second kappa shape index (κ2) is 7.52. The summed E-state index contributed by atoms with van der Waals surface area (Å²) in [6, 6.07) is 6.39. The number of ether oxygens (including phenoxy) is 1. The van der Waals surface area contributed by atoms with Gasteiger partial charge in [0.15, 0.2) is 0 Å². The van der Waals surface area contributed by atoms with Gasteiger partial charge in [0, 0.05) is 6.54 Å². The van der Waals surface area contributed by atoms with Gasteiger partial charge < -0.3 is 4.74 Å². The maximum atomic E-state index is 12.9. The van der Waals surface area contributed by atoms with Gasteiger partial charge in [-0.25, -0.2) is 14.2 Å². The summed E-state index contributed by atoms with van der Waals surface area (Å²) in [4.78, 5) is 16.7. The van der Waals surface area contributed by atoms with Gasteiger partial charge in [0.05, 0.1) is 18.5 Å². The van der Waals surface area contributed by atoms with Crippen molar-refractivity contribution in [2.75, 3.05) is 6.61 Å². The molecule has 0 bridgehead atoms. The fraction of sp³-hybridized carbons (Fsp3) is 0.294. The SMILES string of the molecule is CCOC(=O)c1sc(-c2cn(CCc3ccc(F)cc3)nn2)nc1C. The Morgan fingerprint density at radius 1 is 1.32 bits per heavy atom. The second-order valence-corrected chi connectivity index (χ2v) is 6.40. The average Bonchev–Trinajstić information content (AvgIpc) is 3.21. The van der Waals surface area contributed by atoms with E-state index in [1.807, 2.05) is 0 Å². The van der Waals surface area contributed by atoms with Crippen molar-refractivity contribution in [3.05, 3.63) is 52.4 Å². The molecule has 130 valence electrons. The Kier molecular flexibility index (Phi) is 5.18. The molecule has 0 radical (unpaired) electrons. The van der Waals surface area contributed by atoms with Crippen LogP contribution in [0.2, 0.25) is 0 Å². The standard InChI is InChI=1S/C17H17FN4O2S/c1-3-24-17(23)15-11(2)19-16(25-15)14-10-22(21-20-14)9-8-12-4-6-13(18)7-5-12/h4-7,10H,3,8-9H2,1-2H3. The number of aromatic nitrogens is 4. The molecule has 0 fully saturated rings. The van der Waals surface area contributed by atoms with Crippen LogP contribution in [0.3, 0.4) is 0 Å². The summed E-state index contributed by atoms with van der Waals surface area (Å²) < 4.78 is 19.6. The van der Waals surface area contributed by atoms with E-state index in [-0.39, 0.29) is 11.8 Å². The van der Waals surface area contributed by atoms with Crippen molar-refractivity contribution in [2.45, 2.75) is 26.8 Å². The fourth-order valence-electron chi connectivity index (χ4n) is 2.29. The molecule has 0 atom stereocenters. The normalized spacial score (nSPS) is 10.8. The predicted octanol–water partition coefficient (Wildman–Crippen LogP) is 3.27. The lowest BCUT2D eigenvalue weighted by atomic mass is 10.1. The number of thiazole rings is 1. The summed E-state index contributed by atoms with van der Waals surface area (Å²) in [5.74, 6) is -0.615. The number of esters is 1. The molecule has 0 amide bonds. The van der Waals surface area contributed by atoms with Gasteiger partial charge in [-0.05, 0) is 38.0 Å². The lowest BCUT2D eigenvalue weighted by molar-refractivity contribution is 0.0531. The van der Waals surface area contributed by atoms with Gasteiger partial charge in [0.1, 0.15) is 21.4 Å². The minimum Gasteiger partial charge on any atom is -0.462 e. The van der Waals surface area contributed by atoms with Crippen LogP contribution in [-0.4, -0.2) is 32.6 Å². The van der Waals surface area contributed by atoms with Crippen molar-refractivity contribution >= 4 is 17.3 Å². The number of carbonyl (C=O) groups excluding carboxylic acids is 1. The van der Waals surface area contributed by atoms with Crippen molar-refractivity contribution in [2.24, 2.45) is 0 Å². The highest BCUT2D eigenvalue weighted by Gasteiger charge is 2.18. The van der Waals surface area contributed by atoms with Crippen LogP contribution >= 0.6 is 11.3 Å². The van der Waals surface area contributed by atoms with Crippen LogP contribution in [0.4, 0.5) is 4.39 Å². The molecule has 2 heterocycles. The van der Waals surface area contributed by atoms with E-state index >= 15 is 0 Å². The molecule has 6 nitrogen and oxygen atoms in total. The molecule has 3 rings (SSSR count). The summed E-state index contributed by atoms with van der Waals surface area (Å²) in [7, 11) is 0. The van der Waals surface area contributed by atoms with E-state index in [9.17, 15) is 9.18 Å². The first-order valence-corrected chi connectivity index (χ1v) is 8.68. The van der Waals surface area contributed by atoms with E-state index in [4.69, 9.17) is 4.74 Å². The summed E-state index contributed by atoms with van der Waals surface area (Å²) in [6.07, 6.45) is 2.50. The first-order valence-electron chi connectivity index (χ1n) is 7.86. The lowest BCUT2D eigenvalue weighted by Crippen LogP contribution is -2.03. The van der Waals surface area contributed by atoms with Gasteiger partial charge >= 0.3 is 5.97 Å². The largest absolute Gasteiger partial charge is 0.462 e. The Morgan fingerprint density at radius 2 is 2.08 bits per heavy atom. The van der Waals surface area contributed by atoms with Crippen LogP contribution in [0.15, 0.2) is 30.5 Å². The zero-order chi connectivity index (χ0) is 17.8. The molecule has 25 heavy (non-hydrogen) atoms. The molecule has 0 aliphatic carbocycles. The van der Waals surface area contributed by atoms with Crippen LogP contribution in [0.1, 0.15) is 27.9 Å². The maximum absolute atomic E-state index is 12.9. The number of rotatable bonds is 6.